The van der Waals surface area contributed by atoms with E-state index >= 15 is 0 Å². The van der Waals surface area contributed by atoms with Gasteiger partial charge < -0.3 is 5.32 Å². The predicted octanol–water partition coefficient (Wildman–Crippen LogP) is 4.52. The van der Waals surface area contributed by atoms with E-state index in [2.05, 4.69) is 10.0 Å². The van der Waals surface area contributed by atoms with Crippen molar-refractivity contribution in [2.45, 2.75) is 32.1 Å². The molecule has 0 radical (unpaired) electrons. The first kappa shape index (κ1) is 20.7. The zero-order chi connectivity index (χ0) is 19.3. The number of nitrogens with one attached hydrogen (secondary N) is 2. The molecule has 0 spiro atoms. The van der Waals surface area contributed by atoms with Gasteiger partial charge in [0.05, 0.1) is 15.8 Å². The summed E-state index contributed by atoms with van der Waals surface area (Å²) in [5, 5.41) is 3.44. The van der Waals surface area contributed by atoms with Crippen molar-refractivity contribution in [3.63, 3.8) is 0 Å². The van der Waals surface area contributed by atoms with E-state index in [1.165, 1.54) is 0 Å². The largest absolute Gasteiger partial charge is 0.326 e. The maximum atomic E-state index is 12.4. The Hall–Kier alpha value is -1.60. The lowest BCUT2D eigenvalue weighted by Gasteiger charge is -2.15. The van der Waals surface area contributed by atoms with Gasteiger partial charge in [-0.1, -0.05) is 48.3 Å². The summed E-state index contributed by atoms with van der Waals surface area (Å²) in [7, 11) is -3.57. The topological polar surface area (TPSA) is 75.3 Å². The highest BCUT2D eigenvalue weighted by Gasteiger charge is 2.17. The number of sulfonamides is 1. The number of amides is 1. The number of halogens is 2. The molecule has 2 N–H and O–H groups in total. The van der Waals surface area contributed by atoms with Crippen molar-refractivity contribution in [2.24, 2.45) is 0 Å². The minimum Gasteiger partial charge on any atom is -0.326 e. The van der Waals surface area contributed by atoms with Gasteiger partial charge in [-0.3, -0.25) is 4.79 Å². The van der Waals surface area contributed by atoms with E-state index in [0.717, 1.165) is 5.56 Å². The Kier molecular flexibility index (Phi) is 7.06. The van der Waals surface area contributed by atoms with Gasteiger partial charge in [0, 0.05) is 18.2 Å². The average molecular weight is 415 g/mol. The number of anilines is 1. The normalized spacial score (nSPS) is 12.6. The molecule has 2 aromatic carbocycles. The zero-order valence-corrected chi connectivity index (χ0v) is 16.8. The molecule has 0 heterocycles. The average Bonchev–Trinajstić information content (AvgIpc) is 2.58. The van der Waals surface area contributed by atoms with Gasteiger partial charge in [0.2, 0.25) is 15.9 Å². The van der Waals surface area contributed by atoms with Crippen molar-refractivity contribution in [2.75, 3.05) is 5.32 Å². The molecule has 0 bridgehead atoms. The summed E-state index contributed by atoms with van der Waals surface area (Å²) in [5.41, 5.74) is 2.01. The number of rotatable bonds is 7. The van der Waals surface area contributed by atoms with Gasteiger partial charge in [-0.15, -0.1) is 0 Å². The number of carbonyl (C=O) groups excluding carboxylic acids is 1. The lowest BCUT2D eigenvalue weighted by atomic mass is 10.1. The van der Waals surface area contributed by atoms with Crippen LogP contribution in [0, 0.1) is 0 Å². The van der Waals surface area contributed by atoms with Crippen LogP contribution in [0.15, 0.2) is 42.5 Å². The molecule has 0 saturated carbocycles. The third-order valence-electron chi connectivity index (χ3n) is 3.71. The van der Waals surface area contributed by atoms with E-state index in [1.807, 2.05) is 0 Å². The van der Waals surface area contributed by atoms with Crippen LogP contribution in [0.4, 0.5) is 5.69 Å². The quantitative estimate of drug-likeness (QED) is 0.698. The Bertz CT molecular complexity index is 884. The monoisotopic (exact) mass is 414 g/mol. The summed E-state index contributed by atoms with van der Waals surface area (Å²) in [5.74, 6) is -0.271. The molecule has 5 nitrogen and oxygen atoms in total. The molecule has 2 aromatic rings. The minimum absolute atomic E-state index is 0.0758. The van der Waals surface area contributed by atoms with Crippen molar-refractivity contribution in [3.8, 4) is 0 Å². The third-order valence-corrected chi connectivity index (χ3v) is 5.88. The van der Waals surface area contributed by atoms with E-state index in [9.17, 15) is 13.2 Å². The SMILES string of the molecule is CCC(=O)Nc1ccc(C(C)NS(=O)(=O)Cc2ccc(Cl)c(Cl)c2)cc1. The van der Waals surface area contributed by atoms with E-state index < -0.39 is 16.1 Å². The van der Waals surface area contributed by atoms with E-state index in [-0.39, 0.29) is 11.7 Å². The molecule has 1 unspecified atom stereocenters. The smallest absolute Gasteiger partial charge is 0.224 e. The molecule has 1 amide bonds. The highest BCUT2D eigenvalue weighted by molar-refractivity contribution is 7.88. The fourth-order valence-electron chi connectivity index (χ4n) is 2.33. The maximum Gasteiger partial charge on any atom is 0.224 e. The highest BCUT2D eigenvalue weighted by atomic mass is 35.5. The first-order valence-electron chi connectivity index (χ1n) is 8.04. The summed E-state index contributed by atoms with van der Waals surface area (Å²) in [4.78, 5) is 11.4. The second kappa shape index (κ2) is 8.86. The molecular formula is C18H20Cl2N2O3S. The first-order valence-corrected chi connectivity index (χ1v) is 10.4. The minimum atomic E-state index is -3.57. The van der Waals surface area contributed by atoms with E-state index in [0.29, 0.717) is 27.7 Å². The van der Waals surface area contributed by atoms with Crippen LogP contribution in [0.5, 0.6) is 0 Å². The molecule has 140 valence electrons. The molecule has 0 saturated heterocycles. The second-order valence-corrected chi connectivity index (χ2v) is 8.44. The van der Waals surface area contributed by atoms with Gasteiger partial charge >= 0.3 is 0 Å². The maximum absolute atomic E-state index is 12.4. The second-order valence-electron chi connectivity index (χ2n) is 5.87. The summed E-state index contributed by atoms with van der Waals surface area (Å²) in [6, 6.07) is 11.4. The zero-order valence-electron chi connectivity index (χ0n) is 14.4. The van der Waals surface area contributed by atoms with Gasteiger partial charge in [-0.25, -0.2) is 13.1 Å². The van der Waals surface area contributed by atoms with E-state index in [1.54, 1.807) is 56.3 Å². The van der Waals surface area contributed by atoms with Crippen LogP contribution in [0.3, 0.4) is 0 Å². The molecule has 8 heteroatoms. The molecule has 2 rings (SSSR count). The third kappa shape index (κ3) is 5.99. The fraction of sp³-hybridized carbons (Fsp3) is 0.278. The van der Waals surface area contributed by atoms with Crippen molar-refractivity contribution < 1.29 is 13.2 Å². The summed E-state index contributed by atoms with van der Waals surface area (Å²) < 4.78 is 27.4. The van der Waals surface area contributed by atoms with Crippen LogP contribution in [0.25, 0.3) is 0 Å². The Labute approximate surface area is 163 Å². The van der Waals surface area contributed by atoms with Crippen LogP contribution < -0.4 is 10.0 Å². The van der Waals surface area contributed by atoms with Gasteiger partial charge in [-0.05, 0) is 42.3 Å². The van der Waals surface area contributed by atoms with Crippen LogP contribution in [-0.4, -0.2) is 14.3 Å². The van der Waals surface area contributed by atoms with Gasteiger partial charge in [0.15, 0.2) is 0 Å². The Morgan fingerprint density at radius 2 is 1.73 bits per heavy atom. The highest BCUT2D eigenvalue weighted by Crippen LogP contribution is 2.24. The summed E-state index contributed by atoms with van der Waals surface area (Å²) >= 11 is 11.8. The summed E-state index contributed by atoms with van der Waals surface area (Å²) in [6.07, 6.45) is 0.396. The predicted molar refractivity (Wildman–Crippen MR) is 106 cm³/mol. The van der Waals surface area contributed by atoms with Gasteiger partial charge in [0.25, 0.3) is 0 Å². The van der Waals surface area contributed by atoms with Crippen LogP contribution in [-0.2, 0) is 20.6 Å². The van der Waals surface area contributed by atoms with Crippen molar-refractivity contribution in [1.82, 2.24) is 4.72 Å². The number of hydrogen-bond donors (Lipinski definition) is 2. The molecule has 26 heavy (non-hydrogen) atoms. The van der Waals surface area contributed by atoms with Crippen molar-refractivity contribution in [3.05, 3.63) is 63.6 Å². The lowest BCUT2D eigenvalue weighted by molar-refractivity contribution is -0.115. The Morgan fingerprint density at radius 3 is 2.31 bits per heavy atom. The molecule has 0 aliphatic carbocycles. The van der Waals surface area contributed by atoms with Gasteiger partial charge in [-0.2, -0.15) is 0 Å². The molecule has 0 aliphatic heterocycles. The first-order chi connectivity index (χ1) is 12.2. The van der Waals surface area contributed by atoms with E-state index in [4.69, 9.17) is 23.2 Å². The van der Waals surface area contributed by atoms with Crippen LogP contribution in [0.1, 0.15) is 37.4 Å². The van der Waals surface area contributed by atoms with Crippen LogP contribution in [0.2, 0.25) is 10.0 Å². The fourth-order valence-corrected chi connectivity index (χ4v) is 4.03. The van der Waals surface area contributed by atoms with Crippen molar-refractivity contribution in [1.29, 1.82) is 0 Å². The molecule has 0 fully saturated rings. The lowest BCUT2D eigenvalue weighted by Crippen LogP contribution is -2.28. The van der Waals surface area contributed by atoms with Crippen molar-refractivity contribution >= 4 is 44.8 Å². The molecule has 0 aliphatic rings. The standard InChI is InChI=1S/C18H20Cl2N2O3S/c1-3-18(23)21-15-7-5-14(6-8-15)12(2)22-26(24,25)11-13-4-9-16(19)17(20)10-13/h4-10,12,22H,3,11H2,1-2H3,(H,21,23). The Balaban J connectivity index is 2.03. The number of hydrogen-bond acceptors (Lipinski definition) is 3. The molecule has 1 atom stereocenters. The van der Waals surface area contributed by atoms with Crippen LogP contribution >= 0.6 is 23.2 Å². The number of carbonyl (C=O) groups is 1. The Morgan fingerprint density at radius 1 is 1.08 bits per heavy atom. The summed E-state index contributed by atoms with van der Waals surface area (Å²) in [6.45, 7) is 3.53. The number of benzene rings is 2. The molecule has 0 aromatic heterocycles. The molecular weight excluding hydrogens is 395 g/mol. The van der Waals surface area contributed by atoms with Gasteiger partial charge in [0.1, 0.15) is 0 Å².